The van der Waals surface area contributed by atoms with Crippen molar-refractivity contribution in [2.45, 2.75) is 0 Å². The van der Waals surface area contributed by atoms with Crippen molar-refractivity contribution in [2.75, 3.05) is 18.5 Å². The predicted molar refractivity (Wildman–Crippen MR) is 119 cm³/mol. The average molecular weight is 478 g/mol. The molecule has 31 heavy (non-hydrogen) atoms. The Hall–Kier alpha value is -3.58. The molecule has 0 unspecified atom stereocenters. The molecule has 5 rings (SSSR count). The summed E-state index contributed by atoms with van der Waals surface area (Å²) in [5.41, 5.74) is 1.66. The molecule has 0 atom stereocenters. The van der Waals surface area contributed by atoms with Gasteiger partial charge in [-0.1, -0.05) is 24.3 Å². The monoisotopic (exact) mass is 477 g/mol. The standard InChI is InChI=1S/C24H16BrNO5/c25-17-7-3-1-5-15(17)24(28)26-21-16-6-2-4-8-18(16)31-23(21)22(27)14-9-10-19-20(13-14)30-12-11-29-19/h1-10,13H,11-12H2,(H,26,28). The Balaban J connectivity index is 1.57. The van der Waals surface area contributed by atoms with Crippen molar-refractivity contribution in [1.82, 2.24) is 0 Å². The van der Waals surface area contributed by atoms with E-state index in [0.29, 0.717) is 57.0 Å². The van der Waals surface area contributed by atoms with Gasteiger partial charge in [-0.05, 0) is 58.4 Å². The van der Waals surface area contributed by atoms with Gasteiger partial charge in [-0.2, -0.15) is 0 Å². The molecule has 6 nitrogen and oxygen atoms in total. The maximum Gasteiger partial charge on any atom is 0.256 e. The highest BCUT2D eigenvalue weighted by Crippen LogP contribution is 2.36. The molecular weight excluding hydrogens is 462 g/mol. The van der Waals surface area contributed by atoms with Gasteiger partial charge in [0, 0.05) is 15.4 Å². The second-order valence-electron chi connectivity index (χ2n) is 6.92. The highest BCUT2D eigenvalue weighted by Gasteiger charge is 2.25. The summed E-state index contributed by atoms with van der Waals surface area (Å²) in [6, 6.07) is 19.2. The molecule has 3 aromatic carbocycles. The fourth-order valence-electron chi connectivity index (χ4n) is 3.47. The van der Waals surface area contributed by atoms with E-state index in [4.69, 9.17) is 13.9 Å². The molecule has 1 aliphatic heterocycles. The lowest BCUT2D eigenvalue weighted by Gasteiger charge is -2.18. The molecule has 0 bridgehead atoms. The number of benzene rings is 3. The molecule has 4 aromatic rings. The van der Waals surface area contributed by atoms with Crippen LogP contribution in [0.25, 0.3) is 11.0 Å². The summed E-state index contributed by atoms with van der Waals surface area (Å²) in [7, 11) is 0. The van der Waals surface area contributed by atoms with Crippen molar-refractivity contribution in [3.63, 3.8) is 0 Å². The summed E-state index contributed by atoms with van der Waals surface area (Å²) >= 11 is 3.39. The van der Waals surface area contributed by atoms with Crippen molar-refractivity contribution in [1.29, 1.82) is 0 Å². The normalized spacial score (nSPS) is 12.5. The molecule has 0 aliphatic carbocycles. The molecule has 0 spiro atoms. The molecular formula is C24H16BrNO5. The Kier molecular flexibility index (Phi) is 4.95. The lowest BCUT2D eigenvalue weighted by Crippen LogP contribution is -2.16. The molecule has 1 amide bonds. The summed E-state index contributed by atoms with van der Waals surface area (Å²) < 4.78 is 17.7. The first-order chi connectivity index (χ1) is 15.1. The van der Waals surface area contributed by atoms with Crippen LogP contribution in [0.5, 0.6) is 11.5 Å². The van der Waals surface area contributed by atoms with Gasteiger partial charge in [0.15, 0.2) is 17.3 Å². The van der Waals surface area contributed by atoms with Gasteiger partial charge in [0.25, 0.3) is 5.91 Å². The number of ketones is 1. The van der Waals surface area contributed by atoms with E-state index in [1.165, 1.54) is 0 Å². The van der Waals surface area contributed by atoms with E-state index in [1.807, 2.05) is 18.2 Å². The molecule has 1 aliphatic rings. The van der Waals surface area contributed by atoms with Gasteiger partial charge in [0.1, 0.15) is 18.8 Å². The largest absolute Gasteiger partial charge is 0.486 e. The molecule has 0 saturated heterocycles. The minimum Gasteiger partial charge on any atom is -0.486 e. The molecule has 7 heteroatoms. The number of fused-ring (bicyclic) bond motifs is 2. The van der Waals surface area contributed by atoms with Crippen LogP contribution in [-0.2, 0) is 0 Å². The van der Waals surface area contributed by atoms with Crippen molar-refractivity contribution >= 4 is 44.3 Å². The van der Waals surface area contributed by atoms with Crippen LogP contribution in [0.4, 0.5) is 5.69 Å². The quantitative estimate of drug-likeness (QED) is 0.395. The van der Waals surface area contributed by atoms with Crippen molar-refractivity contribution in [3.05, 3.63) is 88.1 Å². The van der Waals surface area contributed by atoms with Crippen LogP contribution in [0.15, 0.2) is 75.6 Å². The van der Waals surface area contributed by atoms with Crippen molar-refractivity contribution < 1.29 is 23.5 Å². The lowest BCUT2D eigenvalue weighted by atomic mass is 10.1. The second kappa shape index (κ2) is 7.92. The fraction of sp³-hybridized carbons (Fsp3) is 0.0833. The number of rotatable bonds is 4. The summed E-state index contributed by atoms with van der Waals surface area (Å²) in [5, 5.41) is 3.51. The predicted octanol–water partition coefficient (Wildman–Crippen LogP) is 5.45. The third-order valence-electron chi connectivity index (χ3n) is 4.96. The first-order valence-electron chi connectivity index (χ1n) is 9.63. The van der Waals surface area contributed by atoms with Crippen LogP contribution in [0.1, 0.15) is 26.5 Å². The number of anilines is 1. The van der Waals surface area contributed by atoms with E-state index in [2.05, 4.69) is 21.2 Å². The number of carbonyl (C=O) groups is 2. The van der Waals surface area contributed by atoms with E-state index < -0.39 is 0 Å². The van der Waals surface area contributed by atoms with Crippen molar-refractivity contribution in [3.8, 4) is 11.5 Å². The van der Waals surface area contributed by atoms with Crippen LogP contribution in [0, 0.1) is 0 Å². The number of para-hydroxylation sites is 1. The van der Waals surface area contributed by atoms with Gasteiger partial charge in [0.05, 0.1) is 11.3 Å². The van der Waals surface area contributed by atoms with E-state index in [0.717, 1.165) is 0 Å². The topological polar surface area (TPSA) is 77.8 Å². The minimum absolute atomic E-state index is 0.0540. The Morgan fingerprint density at radius 2 is 1.61 bits per heavy atom. The number of hydrogen-bond acceptors (Lipinski definition) is 5. The summed E-state index contributed by atoms with van der Waals surface area (Å²) in [6.45, 7) is 0.887. The van der Waals surface area contributed by atoms with Crippen LogP contribution >= 0.6 is 15.9 Å². The van der Waals surface area contributed by atoms with Crippen LogP contribution < -0.4 is 14.8 Å². The lowest BCUT2D eigenvalue weighted by molar-refractivity contribution is 0.101. The molecule has 154 valence electrons. The molecule has 0 radical (unpaired) electrons. The van der Waals surface area contributed by atoms with E-state index in [1.54, 1.807) is 48.5 Å². The van der Waals surface area contributed by atoms with Gasteiger partial charge in [0.2, 0.25) is 5.78 Å². The number of hydrogen-bond donors (Lipinski definition) is 1. The molecule has 0 fully saturated rings. The number of carbonyl (C=O) groups excluding carboxylic acids is 2. The highest BCUT2D eigenvalue weighted by atomic mass is 79.9. The Morgan fingerprint density at radius 1 is 0.871 bits per heavy atom. The molecule has 1 N–H and O–H groups in total. The number of ether oxygens (including phenoxy) is 2. The van der Waals surface area contributed by atoms with Gasteiger partial charge in [-0.25, -0.2) is 0 Å². The first-order valence-corrected chi connectivity index (χ1v) is 10.4. The van der Waals surface area contributed by atoms with Gasteiger partial charge >= 0.3 is 0 Å². The van der Waals surface area contributed by atoms with Crippen LogP contribution in [-0.4, -0.2) is 24.9 Å². The van der Waals surface area contributed by atoms with E-state index in [-0.39, 0.29) is 17.5 Å². The minimum atomic E-state index is -0.365. The zero-order valence-corrected chi connectivity index (χ0v) is 17.8. The van der Waals surface area contributed by atoms with Crippen molar-refractivity contribution in [2.24, 2.45) is 0 Å². The maximum absolute atomic E-state index is 13.4. The third-order valence-corrected chi connectivity index (χ3v) is 5.65. The average Bonchev–Trinajstić information content (AvgIpc) is 3.17. The van der Waals surface area contributed by atoms with Gasteiger partial charge in [-0.3, -0.25) is 9.59 Å². The smallest absolute Gasteiger partial charge is 0.256 e. The SMILES string of the molecule is O=C(Nc1c(C(=O)c2ccc3c(c2)OCCO3)oc2ccccc12)c1ccccc1Br. The number of halogens is 1. The van der Waals surface area contributed by atoms with E-state index >= 15 is 0 Å². The highest BCUT2D eigenvalue weighted by molar-refractivity contribution is 9.10. The van der Waals surface area contributed by atoms with Gasteiger partial charge in [-0.15, -0.1) is 0 Å². The maximum atomic E-state index is 13.4. The zero-order chi connectivity index (χ0) is 21.4. The number of furan rings is 1. The summed E-state index contributed by atoms with van der Waals surface area (Å²) in [5.74, 6) is 0.436. The molecule has 1 aromatic heterocycles. The summed E-state index contributed by atoms with van der Waals surface area (Å²) in [6.07, 6.45) is 0. The third kappa shape index (κ3) is 3.57. The zero-order valence-electron chi connectivity index (χ0n) is 16.2. The number of nitrogens with one attached hydrogen (secondary N) is 1. The Morgan fingerprint density at radius 3 is 2.45 bits per heavy atom. The fourth-order valence-corrected chi connectivity index (χ4v) is 3.94. The number of amides is 1. The van der Waals surface area contributed by atoms with Crippen LogP contribution in [0.3, 0.4) is 0 Å². The Bertz CT molecular complexity index is 1330. The van der Waals surface area contributed by atoms with Crippen LogP contribution in [0.2, 0.25) is 0 Å². The Labute approximate surface area is 185 Å². The van der Waals surface area contributed by atoms with E-state index in [9.17, 15) is 9.59 Å². The molecule has 0 saturated carbocycles. The van der Waals surface area contributed by atoms with Gasteiger partial charge < -0.3 is 19.2 Å². The first kappa shape index (κ1) is 19.4. The second-order valence-corrected chi connectivity index (χ2v) is 7.78. The summed E-state index contributed by atoms with van der Waals surface area (Å²) in [4.78, 5) is 26.3. The molecule has 2 heterocycles.